The van der Waals surface area contributed by atoms with E-state index in [1.54, 1.807) is 0 Å². The van der Waals surface area contributed by atoms with E-state index in [9.17, 15) is 0 Å². The van der Waals surface area contributed by atoms with Crippen LogP contribution in [0.3, 0.4) is 0 Å². The van der Waals surface area contributed by atoms with E-state index >= 15 is 0 Å². The minimum absolute atomic E-state index is 0.387. The highest BCUT2D eigenvalue weighted by atomic mass is 32.1. The maximum absolute atomic E-state index is 6.07. The first-order chi connectivity index (χ1) is 9.70. The molecule has 1 aromatic carbocycles. The predicted octanol–water partition coefficient (Wildman–Crippen LogP) is 3.83. The zero-order valence-corrected chi connectivity index (χ0v) is 12.8. The van der Waals surface area contributed by atoms with Gasteiger partial charge >= 0.3 is 0 Å². The van der Waals surface area contributed by atoms with Crippen LogP contribution in [0.5, 0.6) is 0 Å². The van der Waals surface area contributed by atoms with Crippen LogP contribution in [0.4, 0.5) is 0 Å². The van der Waals surface area contributed by atoms with Crippen molar-refractivity contribution in [1.82, 2.24) is 4.57 Å². The van der Waals surface area contributed by atoms with E-state index in [1.807, 2.05) is 11.3 Å². The number of aryl methyl sites for hydroxylation is 2. The lowest BCUT2D eigenvalue weighted by Crippen LogP contribution is -2.14. The van der Waals surface area contributed by atoms with Crippen LogP contribution in [0.15, 0.2) is 41.9 Å². The third-order valence-electron chi connectivity index (χ3n) is 4.05. The molecule has 104 valence electrons. The summed E-state index contributed by atoms with van der Waals surface area (Å²) in [6.07, 6.45) is 3.28. The fraction of sp³-hybridized carbons (Fsp3) is 0.294. The highest BCUT2D eigenvalue weighted by Crippen LogP contribution is 2.31. The summed E-state index contributed by atoms with van der Waals surface area (Å²) in [5, 5.41) is 3.50. The van der Waals surface area contributed by atoms with Crippen LogP contribution in [0.1, 0.15) is 21.9 Å². The zero-order chi connectivity index (χ0) is 14.1. The normalized spacial score (nSPS) is 12.9. The average molecular weight is 284 g/mol. The Bertz CT molecular complexity index is 724. The van der Waals surface area contributed by atoms with Crippen molar-refractivity contribution in [3.05, 3.63) is 57.9 Å². The van der Waals surface area contributed by atoms with Crippen LogP contribution in [0, 0.1) is 6.92 Å². The van der Waals surface area contributed by atoms with E-state index in [4.69, 9.17) is 5.73 Å². The number of thiophene rings is 1. The van der Waals surface area contributed by atoms with Crippen LogP contribution >= 0.6 is 11.3 Å². The highest BCUT2D eigenvalue weighted by Gasteiger charge is 2.17. The zero-order valence-electron chi connectivity index (χ0n) is 12.0. The molecule has 2 N–H and O–H groups in total. The van der Waals surface area contributed by atoms with Crippen molar-refractivity contribution in [2.24, 2.45) is 12.8 Å². The molecule has 0 spiro atoms. The lowest BCUT2D eigenvalue weighted by molar-refractivity contribution is 0.701. The number of nitrogens with two attached hydrogens (primary N) is 1. The maximum Gasteiger partial charge on any atom is 0.0480 e. The van der Waals surface area contributed by atoms with Crippen molar-refractivity contribution in [3.63, 3.8) is 0 Å². The molecule has 3 aromatic rings. The smallest absolute Gasteiger partial charge is 0.0480 e. The number of hydrogen-bond acceptors (Lipinski definition) is 2. The molecule has 0 amide bonds. The Hall–Kier alpha value is -1.58. The monoisotopic (exact) mass is 284 g/mol. The molecule has 0 radical (unpaired) electrons. The minimum atomic E-state index is 0.387. The number of rotatable bonds is 4. The summed E-state index contributed by atoms with van der Waals surface area (Å²) < 4.78 is 2.20. The van der Waals surface area contributed by atoms with Crippen molar-refractivity contribution in [2.75, 3.05) is 6.54 Å². The number of para-hydroxylation sites is 1. The predicted molar refractivity (Wildman–Crippen MR) is 87.5 cm³/mol. The van der Waals surface area contributed by atoms with Crippen LogP contribution in [-0.2, 0) is 13.5 Å². The second-order valence-corrected chi connectivity index (χ2v) is 6.38. The third-order valence-corrected chi connectivity index (χ3v) is 5.10. The first-order valence-electron chi connectivity index (χ1n) is 6.97. The van der Waals surface area contributed by atoms with E-state index < -0.39 is 0 Å². The number of fused-ring (bicyclic) bond motifs is 1. The van der Waals surface area contributed by atoms with Crippen molar-refractivity contribution >= 4 is 22.2 Å². The Labute approximate surface area is 123 Å². The molecule has 20 heavy (non-hydrogen) atoms. The molecule has 3 heteroatoms. The summed E-state index contributed by atoms with van der Waals surface area (Å²) >= 11 is 1.84. The van der Waals surface area contributed by atoms with Gasteiger partial charge in [-0.1, -0.05) is 18.2 Å². The first kappa shape index (κ1) is 13.4. The molecule has 2 nitrogen and oxygen atoms in total. The molecular formula is C17H20N2S. The van der Waals surface area contributed by atoms with Gasteiger partial charge in [0.05, 0.1) is 0 Å². The van der Waals surface area contributed by atoms with Gasteiger partial charge in [-0.2, -0.15) is 0 Å². The first-order valence-corrected chi connectivity index (χ1v) is 7.85. The van der Waals surface area contributed by atoms with E-state index in [0.29, 0.717) is 12.5 Å². The molecule has 0 saturated heterocycles. The molecule has 1 atom stereocenters. The van der Waals surface area contributed by atoms with Crippen molar-refractivity contribution in [2.45, 2.75) is 19.3 Å². The Balaban J connectivity index is 2.01. The number of nitrogens with zero attached hydrogens (tertiary/aromatic N) is 1. The lowest BCUT2D eigenvalue weighted by Gasteiger charge is -2.14. The molecule has 0 aliphatic carbocycles. The Morgan fingerprint density at radius 1 is 1.25 bits per heavy atom. The summed E-state index contributed by atoms with van der Waals surface area (Å²) in [5.74, 6) is 0.387. The SMILES string of the molecule is Cc1ccsc1CC(CN)c1cn(C)c2ccccc12. The molecule has 0 bridgehead atoms. The molecule has 1 unspecified atom stereocenters. The topological polar surface area (TPSA) is 30.9 Å². The van der Waals surface area contributed by atoms with Crippen LogP contribution < -0.4 is 5.73 Å². The quantitative estimate of drug-likeness (QED) is 0.775. The standard InChI is InChI=1S/C17H20N2S/c1-12-7-8-20-17(12)9-13(10-18)15-11-19(2)16-6-4-3-5-14(15)16/h3-8,11,13H,9-10,18H2,1-2H3. The fourth-order valence-corrected chi connectivity index (χ4v) is 3.84. The molecule has 0 aliphatic heterocycles. The van der Waals surface area contributed by atoms with Gasteiger partial charge in [0.2, 0.25) is 0 Å². The summed E-state index contributed by atoms with van der Waals surface area (Å²) in [6, 6.07) is 10.8. The van der Waals surface area contributed by atoms with Gasteiger partial charge in [-0.05, 0) is 48.5 Å². The van der Waals surface area contributed by atoms with Gasteiger partial charge in [0.15, 0.2) is 0 Å². The summed E-state index contributed by atoms with van der Waals surface area (Å²) in [5.41, 5.74) is 10.1. The van der Waals surface area contributed by atoms with Gasteiger partial charge in [-0.15, -0.1) is 11.3 Å². The summed E-state index contributed by atoms with van der Waals surface area (Å²) in [7, 11) is 2.11. The van der Waals surface area contributed by atoms with Crippen molar-refractivity contribution < 1.29 is 0 Å². The molecule has 0 saturated carbocycles. The van der Waals surface area contributed by atoms with Gasteiger partial charge < -0.3 is 10.3 Å². The Morgan fingerprint density at radius 3 is 2.75 bits per heavy atom. The Morgan fingerprint density at radius 2 is 2.05 bits per heavy atom. The highest BCUT2D eigenvalue weighted by molar-refractivity contribution is 7.10. The molecule has 3 rings (SSSR count). The summed E-state index contributed by atoms with van der Waals surface area (Å²) in [4.78, 5) is 1.45. The molecule has 0 fully saturated rings. The van der Waals surface area contributed by atoms with Gasteiger partial charge in [0.1, 0.15) is 0 Å². The van der Waals surface area contributed by atoms with Crippen LogP contribution in [0.25, 0.3) is 10.9 Å². The molecule has 0 aliphatic rings. The fourth-order valence-electron chi connectivity index (χ4n) is 2.86. The van der Waals surface area contributed by atoms with Gasteiger partial charge in [-0.25, -0.2) is 0 Å². The number of aromatic nitrogens is 1. The van der Waals surface area contributed by atoms with Crippen molar-refractivity contribution in [3.8, 4) is 0 Å². The lowest BCUT2D eigenvalue weighted by atomic mass is 9.94. The van der Waals surface area contributed by atoms with E-state index in [-0.39, 0.29) is 0 Å². The van der Waals surface area contributed by atoms with Gasteiger partial charge in [0.25, 0.3) is 0 Å². The van der Waals surface area contributed by atoms with Gasteiger partial charge in [-0.3, -0.25) is 0 Å². The summed E-state index contributed by atoms with van der Waals surface area (Å²) in [6.45, 7) is 2.87. The Kier molecular flexibility index (Phi) is 3.64. The van der Waals surface area contributed by atoms with Crippen molar-refractivity contribution in [1.29, 1.82) is 0 Å². The van der Waals surface area contributed by atoms with E-state index in [0.717, 1.165) is 6.42 Å². The van der Waals surface area contributed by atoms with E-state index in [1.165, 1.54) is 26.9 Å². The molecular weight excluding hydrogens is 264 g/mol. The number of hydrogen-bond donors (Lipinski definition) is 1. The van der Waals surface area contributed by atoms with Crippen LogP contribution in [-0.4, -0.2) is 11.1 Å². The average Bonchev–Trinajstić information content (AvgIpc) is 3.01. The van der Waals surface area contributed by atoms with Crippen LogP contribution in [0.2, 0.25) is 0 Å². The largest absolute Gasteiger partial charge is 0.350 e. The minimum Gasteiger partial charge on any atom is -0.350 e. The third kappa shape index (κ3) is 2.28. The molecule has 2 aromatic heterocycles. The molecule has 2 heterocycles. The second kappa shape index (κ2) is 5.43. The van der Waals surface area contributed by atoms with E-state index in [2.05, 4.69) is 60.4 Å². The maximum atomic E-state index is 6.07. The van der Waals surface area contributed by atoms with Gasteiger partial charge in [0, 0.05) is 34.9 Å². The second-order valence-electron chi connectivity index (χ2n) is 5.38. The number of benzene rings is 1.